The zero-order chi connectivity index (χ0) is 38.4. The first-order chi connectivity index (χ1) is 24.5. The summed E-state index contributed by atoms with van der Waals surface area (Å²) < 4.78 is 56.8. The molecule has 1 aliphatic carbocycles. The van der Waals surface area contributed by atoms with Gasteiger partial charge >= 0.3 is 0 Å². The number of hydrogen-bond acceptors (Lipinski definition) is 8. The van der Waals surface area contributed by atoms with E-state index in [1.165, 1.54) is 0 Å². The van der Waals surface area contributed by atoms with Crippen LogP contribution in [0.5, 0.6) is 0 Å². The van der Waals surface area contributed by atoms with Crippen LogP contribution in [0.4, 0.5) is 40.3 Å². The summed E-state index contributed by atoms with van der Waals surface area (Å²) in [5, 5.41) is 24.3. The first-order valence-corrected chi connectivity index (χ1v) is 17.8. The van der Waals surface area contributed by atoms with E-state index in [-0.39, 0.29) is 35.7 Å². The number of rotatable bonds is 12. The van der Waals surface area contributed by atoms with Crippen LogP contribution in [0, 0.1) is 44.3 Å². The molecule has 1 aliphatic rings. The van der Waals surface area contributed by atoms with Crippen molar-refractivity contribution in [3.63, 3.8) is 0 Å². The zero-order valence-electron chi connectivity index (χ0n) is 28.4. The van der Waals surface area contributed by atoms with Gasteiger partial charge in [-0.05, 0) is 145 Å². The first kappa shape index (κ1) is 41.2. The SMILES string of the molecule is Cc1cc(I)ccc1Nc1cc(F)c(F)cc1C(=O)NOC(C)(C)CO.Cc1cc(I)ccc1Nc1cc(F)c(F)cc1C(=O)NOC1(CO)CC1. The van der Waals surface area contributed by atoms with Gasteiger partial charge in [0, 0.05) is 30.6 Å². The molecule has 10 nitrogen and oxygen atoms in total. The van der Waals surface area contributed by atoms with Gasteiger partial charge in [0.2, 0.25) is 0 Å². The van der Waals surface area contributed by atoms with Crippen molar-refractivity contribution in [1.82, 2.24) is 11.0 Å². The van der Waals surface area contributed by atoms with Crippen molar-refractivity contribution in [2.24, 2.45) is 0 Å². The van der Waals surface area contributed by atoms with Crippen molar-refractivity contribution >= 4 is 79.7 Å². The third-order valence-electron chi connectivity index (χ3n) is 7.78. The van der Waals surface area contributed by atoms with Gasteiger partial charge in [0.1, 0.15) is 11.2 Å². The molecule has 6 N–H and O–H groups in total. The van der Waals surface area contributed by atoms with Crippen LogP contribution in [0.15, 0.2) is 60.7 Å². The standard InChI is InChI=1S/C18H17F2IN2O3.C18H19F2IN2O3/c1-10-6-11(21)2-3-15(10)22-16-8-14(20)13(19)7-12(16)17(25)23-26-18(9-24)4-5-18;1-10-6-11(21)4-5-15(10)22-16-8-14(20)13(19)7-12(16)17(25)23-26-18(2,3)9-24/h2-3,6-8,22,24H,4-5,9H2,1H3,(H,23,25);4-8,22,24H,9H2,1-3H3,(H,23,25). The average molecular weight is 951 g/mol. The molecule has 52 heavy (non-hydrogen) atoms. The zero-order valence-corrected chi connectivity index (χ0v) is 32.7. The molecule has 1 fully saturated rings. The Hall–Kier alpha value is -3.56. The second-order valence-electron chi connectivity index (χ2n) is 12.6. The first-order valence-electron chi connectivity index (χ1n) is 15.7. The second-order valence-corrected chi connectivity index (χ2v) is 15.1. The molecular formula is C36H36F4I2N4O6. The van der Waals surface area contributed by atoms with E-state index < -0.39 is 46.3 Å². The number of benzene rings is 4. The van der Waals surface area contributed by atoms with Crippen LogP contribution < -0.4 is 21.6 Å². The van der Waals surface area contributed by atoms with Crippen molar-refractivity contribution in [2.75, 3.05) is 23.8 Å². The fourth-order valence-corrected chi connectivity index (χ4v) is 5.71. The average Bonchev–Trinajstić information content (AvgIpc) is 3.89. The van der Waals surface area contributed by atoms with Gasteiger partial charge in [0.05, 0.1) is 35.7 Å². The van der Waals surface area contributed by atoms with E-state index >= 15 is 0 Å². The predicted octanol–water partition coefficient (Wildman–Crippen LogP) is 7.86. The molecule has 5 rings (SSSR count). The summed E-state index contributed by atoms with van der Waals surface area (Å²) in [7, 11) is 0. The van der Waals surface area contributed by atoms with E-state index in [0.29, 0.717) is 24.2 Å². The minimum atomic E-state index is -1.15. The summed E-state index contributed by atoms with van der Waals surface area (Å²) in [4.78, 5) is 35.1. The number of nitrogens with one attached hydrogen (secondary N) is 4. The van der Waals surface area contributed by atoms with Crippen LogP contribution in [-0.2, 0) is 9.68 Å². The molecule has 0 atom stereocenters. The number of aryl methyl sites for hydroxylation is 2. The Balaban J connectivity index is 0.000000233. The predicted molar refractivity (Wildman–Crippen MR) is 204 cm³/mol. The van der Waals surface area contributed by atoms with Crippen molar-refractivity contribution in [3.05, 3.63) is 113 Å². The topological polar surface area (TPSA) is 141 Å². The monoisotopic (exact) mass is 950 g/mol. The Kier molecular flexibility index (Phi) is 13.9. The van der Waals surface area contributed by atoms with Crippen molar-refractivity contribution in [2.45, 2.75) is 51.7 Å². The van der Waals surface area contributed by atoms with Gasteiger partial charge in [0.15, 0.2) is 23.3 Å². The molecule has 0 bridgehead atoms. The van der Waals surface area contributed by atoms with E-state index in [4.69, 9.17) is 14.8 Å². The maximum atomic E-state index is 13.7. The van der Waals surface area contributed by atoms with Gasteiger partial charge in [-0.15, -0.1) is 0 Å². The highest BCUT2D eigenvalue weighted by Crippen LogP contribution is 2.38. The smallest absolute Gasteiger partial charge is 0.277 e. The molecule has 0 radical (unpaired) electrons. The lowest BCUT2D eigenvalue weighted by atomic mass is 10.1. The van der Waals surface area contributed by atoms with E-state index in [9.17, 15) is 32.3 Å². The molecule has 0 unspecified atom stereocenters. The van der Waals surface area contributed by atoms with Gasteiger partial charge < -0.3 is 20.8 Å². The Bertz CT molecular complexity index is 1840. The number of halogens is 6. The summed E-state index contributed by atoms with van der Waals surface area (Å²) in [6.45, 7) is 6.29. The number of anilines is 4. The molecule has 0 saturated heterocycles. The molecule has 4 aromatic rings. The highest BCUT2D eigenvalue weighted by atomic mass is 127. The normalized spacial score (nSPS) is 13.1. The van der Waals surface area contributed by atoms with E-state index in [1.807, 2.05) is 38.1 Å². The summed E-state index contributed by atoms with van der Waals surface area (Å²) >= 11 is 4.33. The van der Waals surface area contributed by atoms with Crippen LogP contribution in [0.1, 0.15) is 58.5 Å². The van der Waals surface area contributed by atoms with Crippen LogP contribution in [0.2, 0.25) is 0 Å². The number of aliphatic hydroxyl groups excluding tert-OH is 2. The quantitative estimate of drug-likeness (QED) is 0.0480. The Morgan fingerprint density at radius 1 is 0.712 bits per heavy atom. The summed E-state index contributed by atoms with van der Waals surface area (Å²) in [6, 6.07) is 14.6. The third-order valence-corrected chi connectivity index (χ3v) is 9.12. The van der Waals surface area contributed by atoms with Gasteiger partial charge in [-0.3, -0.25) is 19.3 Å². The van der Waals surface area contributed by atoms with Gasteiger partial charge in [-0.2, -0.15) is 0 Å². The highest BCUT2D eigenvalue weighted by Gasteiger charge is 2.45. The molecule has 278 valence electrons. The van der Waals surface area contributed by atoms with Crippen molar-refractivity contribution < 1.29 is 47.0 Å². The van der Waals surface area contributed by atoms with Crippen molar-refractivity contribution in [1.29, 1.82) is 0 Å². The van der Waals surface area contributed by atoms with Gasteiger partial charge in [-0.1, -0.05) is 0 Å². The number of hydroxylamine groups is 2. The summed E-state index contributed by atoms with van der Waals surface area (Å²) in [5.74, 6) is -5.93. The van der Waals surface area contributed by atoms with Crippen LogP contribution in [-0.4, -0.2) is 46.4 Å². The molecule has 16 heteroatoms. The van der Waals surface area contributed by atoms with E-state index in [2.05, 4.69) is 66.8 Å². The largest absolute Gasteiger partial charge is 0.393 e. The molecule has 0 heterocycles. The molecule has 0 aromatic heterocycles. The van der Waals surface area contributed by atoms with Crippen molar-refractivity contribution in [3.8, 4) is 0 Å². The molecule has 0 spiro atoms. The Labute approximate surface area is 324 Å². The van der Waals surface area contributed by atoms with E-state index in [0.717, 1.165) is 42.5 Å². The molecule has 1 saturated carbocycles. The lowest BCUT2D eigenvalue weighted by Gasteiger charge is -2.22. The maximum Gasteiger partial charge on any atom is 0.277 e. The lowest BCUT2D eigenvalue weighted by Crippen LogP contribution is -2.38. The Morgan fingerprint density at radius 2 is 1.13 bits per heavy atom. The second kappa shape index (κ2) is 17.5. The summed E-state index contributed by atoms with van der Waals surface area (Å²) in [5.41, 5.74) is 5.66. The minimum absolute atomic E-state index is 0.0936. The van der Waals surface area contributed by atoms with Gasteiger partial charge in [0.25, 0.3) is 11.8 Å². The van der Waals surface area contributed by atoms with E-state index in [1.54, 1.807) is 26.0 Å². The fraction of sp³-hybridized carbons (Fsp3) is 0.278. The lowest BCUT2D eigenvalue weighted by molar-refractivity contribution is -0.0956. The number of hydrogen-bond donors (Lipinski definition) is 6. The van der Waals surface area contributed by atoms with Crippen LogP contribution in [0.25, 0.3) is 0 Å². The Morgan fingerprint density at radius 3 is 1.52 bits per heavy atom. The molecule has 4 aromatic carbocycles. The molecule has 2 amide bonds. The third kappa shape index (κ3) is 11.0. The highest BCUT2D eigenvalue weighted by molar-refractivity contribution is 14.1. The maximum absolute atomic E-state index is 13.7. The minimum Gasteiger partial charge on any atom is -0.393 e. The van der Waals surface area contributed by atoms with Gasteiger partial charge in [-0.25, -0.2) is 28.5 Å². The molecule has 0 aliphatic heterocycles. The van der Waals surface area contributed by atoms with Crippen LogP contribution in [0.3, 0.4) is 0 Å². The number of aliphatic hydroxyl groups is 2. The van der Waals surface area contributed by atoms with Crippen LogP contribution >= 0.6 is 45.2 Å². The molecular weight excluding hydrogens is 914 g/mol. The fourth-order valence-electron chi connectivity index (χ4n) is 4.41. The number of carbonyl (C=O) groups is 2. The number of amides is 2. The number of carbonyl (C=O) groups excluding carboxylic acids is 2. The summed E-state index contributed by atoms with van der Waals surface area (Å²) in [6.07, 6.45) is 1.24.